The lowest BCUT2D eigenvalue weighted by Crippen LogP contribution is -2.34. The van der Waals surface area contributed by atoms with Crippen molar-refractivity contribution in [2.45, 2.75) is 43.1 Å². The first kappa shape index (κ1) is 19.7. The predicted molar refractivity (Wildman–Crippen MR) is 84.8 cm³/mol. The van der Waals surface area contributed by atoms with Gasteiger partial charge < -0.3 is 14.6 Å². The molecule has 148 valence electrons. The molecule has 0 spiro atoms. The molecule has 7 nitrogen and oxygen atoms in total. The third kappa shape index (κ3) is 3.64. The number of hydrogen-bond donors (Lipinski definition) is 2. The lowest BCUT2D eigenvalue weighted by molar-refractivity contribution is -0.145. The Balaban J connectivity index is 1.44. The second-order valence-electron chi connectivity index (χ2n) is 7.50. The van der Waals surface area contributed by atoms with E-state index < -0.39 is 34.6 Å². The van der Waals surface area contributed by atoms with E-state index in [4.69, 9.17) is 9.29 Å². The van der Waals surface area contributed by atoms with Crippen LogP contribution in [0.5, 0.6) is 0 Å². The monoisotopic (exact) mass is 396 g/mol. The fourth-order valence-electron chi connectivity index (χ4n) is 4.74. The quantitative estimate of drug-likeness (QED) is 0.380. The summed E-state index contributed by atoms with van der Waals surface area (Å²) >= 11 is 0. The van der Waals surface area contributed by atoms with Crippen molar-refractivity contribution in [2.75, 3.05) is 13.2 Å². The molecule has 2 N–H and O–H groups in total. The molecule has 0 saturated heterocycles. The maximum atomic E-state index is 13.0. The number of rotatable bonds is 7. The van der Waals surface area contributed by atoms with Crippen LogP contribution >= 0.6 is 0 Å². The van der Waals surface area contributed by atoms with Gasteiger partial charge in [-0.25, -0.2) is 4.79 Å². The average Bonchev–Trinajstić information content (AvgIpc) is 3.16. The Hall–Kier alpha value is -1.10. The summed E-state index contributed by atoms with van der Waals surface area (Å²) in [4.78, 5) is 12.0. The van der Waals surface area contributed by atoms with Crippen molar-refractivity contribution in [3.05, 3.63) is 12.2 Å². The molecule has 2 bridgehead atoms. The summed E-state index contributed by atoms with van der Waals surface area (Å²) < 4.78 is 65.2. The number of hydrogen-bond acceptors (Lipinski definition) is 6. The molecule has 0 aromatic carbocycles. The molecule has 6 atom stereocenters. The van der Waals surface area contributed by atoms with Gasteiger partial charge in [0.05, 0.1) is 18.3 Å². The van der Waals surface area contributed by atoms with Crippen LogP contribution in [-0.2, 0) is 24.4 Å². The molecule has 6 unspecified atom stereocenters. The van der Waals surface area contributed by atoms with E-state index in [9.17, 15) is 27.1 Å². The second-order valence-corrected chi connectivity index (χ2v) is 9.05. The van der Waals surface area contributed by atoms with Crippen LogP contribution in [0.15, 0.2) is 12.2 Å². The van der Waals surface area contributed by atoms with Gasteiger partial charge in [-0.2, -0.15) is 17.2 Å². The highest BCUT2D eigenvalue weighted by Crippen LogP contribution is 2.59. The zero-order valence-corrected chi connectivity index (χ0v) is 14.8. The van der Waals surface area contributed by atoms with Gasteiger partial charge in [0.2, 0.25) is 0 Å². The van der Waals surface area contributed by atoms with E-state index >= 15 is 0 Å². The third-order valence-electron chi connectivity index (χ3n) is 5.88. The Morgan fingerprint density at radius 3 is 2.46 bits per heavy atom. The lowest BCUT2D eigenvalue weighted by atomic mass is 9.80. The van der Waals surface area contributed by atoms with Gasteiger partial charge >= 0.3 is 21.3 Å². The van der Waals surface area contributed by atoms with Crippen molar-refractivity contribution in [1.82, 2.24) is 0 Å². The Morgan fingerprint density at radius 1 is 1.15 bits per heavy atom. The van der Waals surface area contributed by atoms with Gasteiger partial charge in [0.15, 0.2) is 0 Å². The predicted octanol–water partition coefficient (Wildman–Crippen LogP) is 1.38. The van der Waals surface area contributed by atoms with E-state index in [0.29, 0.717) is 24.2 Å². The number of carbonyl (C=O) groups excluding carboxylic acids is 1. The average molecular weight is 396 g/mol. The van der Waals surface area contributed by atoms with Crippen LogP contribution in [0.1, 0.15) is 25.7 Å². The molecule has 3 aliphatic carbocycles. The van der Waals surface area contributed by atoms with E-state index in [2.05, 4.69) is 11.3 Å². The number of aliphatic hydroxyl groups is 1. The van der Waals surface area contributed by atoms with Crippen molar-refractivity contribution >= 4 is 16.1 Å². The number of fused-ring (bicyclic) bond motifs is 5. The van der Waals surface area contributed by atoms with E-state index in [1.54, 1.807) is 0 Å². The summed E-state index contributed by atoms with van der Waals surface area (Å²) in [6.07, 6.45) is 2.64. The van der Waals surface area contributed by atoms with Crippen LogP contribution in [0.4, 0.5) is 8.78 Å². The zero-order chi connectivity index (χ0) is 19.3. The first-order chi connectivity index (χ1) is 12.0. The van der Waals surface area contributed by atoms with E-state index in [1.165, 1.54) is 0 Å². The van der Waals surface area contributed by atoms with Gasteiger partial charge in [-0.05, 0) is 49.4 Å². The fraction of sp³-hybridized carbons (Fsp3) is 0.812. The lowest BCUT2D eigenvalue weighted by Gasteiger charge is -2.27. The minimum Gasteiger partial charge on any atom is -0.459 e. The van der Waals surface area contributed by atoms with Gasteiger partial charge in [-0.3, -0.25) is 4.55 Å². The van der Waals surface area contributed by atoms with Gasteiger partial charge in [-0.15, -0.1) is 0 Å². The molecule has 3 saturated carbocycles. The van der Waals surface area contributed by atoms with Crippen LogP contribution in [0, 0.1) is 23.7 Å². The molecule has 0 amide bonds. The highest BCUT2D eigenvalue weighted by atomic mass is 32.2. The van der Waals surface area contributed by atoms with Gasteiger partial charge in [0.1, 0.15) is 12.7 Å². The van der Waals surface area contributed by atoms with Gasteiger partial charge in [0.25, 0.3) is 0 Å². The van der Waals surface area contributed by atoms with Gasteiger partial charge in [-0.1, -0.05) is 6.58 Å². The summed E-state index contributed by atoms with van der Waals surface area (Å²) in [5, 5.41) is 5.52. The standard InChI is InChI=1S/C16H22F2O7S/c1-8(6-24-7-16(17,18)26(21,22)23)15(20)25-10-4-11-9-2-13(12(11)5-10)14(19)3-9/h9-14,19H,1-7H2,(H,21,22,23). The minimum absolute atomic E-state index is 0.212. The van der Waals surface area contributed by atoms with Crippen LogP contribution in [0.3, 0.4) is 0 Å². The highest BCUT2D eigenvalue weighted by Gasteiger charge is 2.56. The Labute approximate surface area is 150 Å². The SMILES string of the molecule is C=C(COCC(F)(F)S(=O)(=O)O)C(=O)OC1CC2C3CC(O)C(C3)C2C1. The Kier molecular flexibility index (Phi) is 5.15. The number of ether oxygens (including phenoxy) is 2. The molecule has 0 aromatic rings. The first-order valence-electron chi connectivity index (χ1n) is 8.49. The molecule has 3 fully saturated rings. The topological polar surface area (TPSA) is 110 Å². The number of alkyl halides is 2. The molecule has 3 aliphatic rings. The van der Waals surface area contributed by atoms with Crippen LogP contribution in [0.25, 0.3) is 0 Å². The van der Waals surface area contributed by atoms with Crippen molar-refractivity contribution in [1.29, 1.82) is 0 Å². The molecule has 0 radical (unpaired) electrons. The largest absolute Gasteiger partial charge is 0.459 e. The molecule has 3 rings (SSSR count). The van der Waals surface area contributed by atoms with Crippen molar-refractivity contribution in [3.8, 4) is 0 Å². The number of esters is 1. The summed E-state index contributed by atoms with van der Waals surface area (Å²) in [7, 11) is -5.58. The zero-order valence-electron chi connectivity index (χ0n) is 14.0. The molecular formula is C16H22F2O7S. The van der Waals surface area contributed by atoms with E-state index in [-0.39, 0.29) is 23.7 Å². The summed E-state index contributed by atoms with van der Waals surface area (Å²) in [6.45, 7) is 1.19. The van der Waals surface area contributed by atoms with E-state index in [1.807, 2.05) is 0 Å². The van der Waals surface area contributed by atoms with Crippen LogP contribution < -0.4 is 0 Å². The summed E-state index contributed by atoms with van der Waals surface area (Å²) in [6, 6.07) is 0. The van der Waals surface area contributed by atoms with Crippen molar-refractivity contribution < 1.29 is 41.1 Å². The maximum absolute atomic E-state index is 13.0. The molecule has 0 aliphatic heterocycles. The highest BCUT2D eigenvalue weighted by molar-refractivity contribution is 7.86. The summed E-state index contributed by atoms with van der Waals surface area (Å²) in [5.41, 5.74) is -0.212. The van der Waals surface area contributed by atoms with Gasteiger partial charge in [0, 0.05) is 0 Å². The van der Waals surface area contributed by atoms with Crippen LogP contribution in [-0.4, -0.2) is 54.7 Å². The molecule has 0 aromatic heterocycles. The first-order valence-corrected chi connectivity index (χ1v) is 9.93. The summed E-state index contributed by atoms with van der Waals surface area (Å²) in [5.74, 6) is 0.748. The fourth-order valence-corrected chi connectivity index (χ4v) is 4.97. The van der Waals surface area contributed by atoms with Crippen LogP contribution in [0.2, 0.25) is 0 Å². The number of aliphatic hydroxyl groups excluding tert-OH is 1. The Bertz CT molecular complexity index is 693. The maximum Gasteiger partial charge on any atom is 0.392 e. The molecule has 26 heavy (non-hydrogen) atoms. The number of carbonyl (C=O) groups is 1. The smallest absolute Gasteiger partial charge is 0.392 e. The molecule has 0 heterocycles. The molecule has 10 heteroatoms. The van der Waals surface area contributed by atoms with E-state index in [0.717, 1.165) is 19.3 Å². The van der Waals surface area contributed by atoms with Crippen molar-refractivity contribution in [2.24, 2.45) is 23.7 Å². The molecular weight excluding hydrogens is 374 g/mol. The Morgan fingerprint density at radius 2 is 1.81 bits per heavy atom. The second kappa shape index (κ2) is 6.81. The normalized spacial score (nSPS) is 36.2. The third-order valence-corrected chi connectivity index (χ3v) is 6.75. The van der Waals surface area contributed by atoms with Crippen molar-refractivity contribution in [3.63, 3.8) is 0 Å². The number of halogens is 2. The minimum atomic E-state index is -5.58.